The van der Waals surface area contributed by atoms with Gasteiger partial charge in [-0.25, -0.2) is 13.4 Å². The molecule has 3 aromatic rings. The van der Waals surface area contributed by atoms with E-state index < -0.39 is 10.0 Å². The molecule has 2 heterocycles. The molecule has 0 saturated carbocycles. The van der Waals surface area contributed by atoms with E-state index >= 15 is 0 Å². The van der Waals surface area contributed by atoms with Crippen LogP contribution < -0.4 is 9.62 Å². The summed E-state index contributed by atoms with van der Waals surface area (Å²) in [5, 5.41) is 4.38. The number of fused-ring (bicyclic) bond motifs is 1. The van der Waals surface area contributed by atoms with Crippen molar-refractivity contribution in [2.24, 2.45) is 0 Å². The van der Waals surface area contributed by atoms with Gasteiger partial charge in [-0.05, 0) is 25.5 Å². The smallest absolute Gasteiger partial charge is 0.263 e. The van der Waals surface area contributed by atoms with E-state index in [-0.39, 0.29) is 10.7 Å². The summed E-state index contributed by atoms with van der Waals surface area (Å²) in [7, 11) is 0.0240. The minimum Gasteiger partial charge on any atom is -0.363 e. The van der Waals surface area contributed by atoms with Gasteiger partial charge in [0.15, 0.2) is 5.65 Å². The second-order valence-corrected chi connectivity index (χ2v) is 7.47. The monoisotopic (exact) mass is 345 g/mol. The lowest BCUT2D eigenvalue weighted by Gasteiger charge is -2.16. The quantitative estimate of drug-likeness (QED) is 0.784. The first kappa shape index (κ1) is 16.3. The molecular weight excluding hydrogens is 326 g/mol. The molecule has 0 radical (unpaired) electrons. The first-order valence-corrected chi connectivity index (χ1v) is 8.89. The van der Waals surface area contributed by atoms with Crippen LogP contribution in [0.15, 0.2) is 41.3 Å². The fourth-order valence-corrected chi connectivity index (χ4v) is 3.73. The Morgan fingerprint density at radius 2 is 1.83 bits per heavy atom. The van der Waals surface area contributed by atoms with Gasteiger partial charge >= 0.3 is 0 Å². The van der Waals surface area contributed by atoms with Crippen LogP contribution in [0.2, 0.25) is 0 Å². The Morgan fingerprint density at radius 1 is 1.12 bits per heavy atom. The lowest BCUT2D eigenvalue weighted by molar-refractivity contribution is 0.600. The summed E-state index contributed by atoms with van der Waals surface area (Å²) < 4.78 is 29.6. The number of anilines is 2. The molecule has 8 heteroatoms. The van der Waals surface area contributed by atoms with Gasteiger partial charge in [0.25, 0.3) is 10.0 Å². The summed E-state index contributed by atoms with van der Waals surface area (Å²) in [5.41, 5.74) is 2.07. The largest absolute Gasteiger partial charge is 0.363 e. The van der Waals surface area contributed by atoms with Crippen molar-refractivity contribution in [2.75, 3.05) is 23.7 Å². The summed E-state index contributed by atoms with van der Waals surface area (Å²) in [5.74, 6) is 0.991. The van der Waals surface area contributed by atoms with E-state index in [0.29, 0.717) is 11.2 Å². The second kappa shape index (κ2) is 5.79. The van der Waals surface area contributed by atoms with Gasteiger partial charge in [0.1, 0.15) is 11.6 Å². The molecule has 0 spiro atoms. The molecule has 1 N–H and O–H groups in total. The summed E-state index contributed by atoms with van der Waals surface area (Å²) >= 11 is 0. The second-order valence-electron chi connectivity index (χ2n) is 5.82. The maximum atomic E-state index is 12.7. The molecule has 0 aliphatic rings. The summed E-state index contributed by atoms with van der Waals surface area (Å²) in [6, 6.07) is 10.3. The molecule has 0 fully saturated rings. The van der Waals surface area contributed by atoms with Crippen molar-refractivity contribution in [3.05, 3.63) is 47.7 Å². The molecule has 0 aliphatic heterocycles. The maximum Gasteiger partial charge on any atom is 0.263 e. The van der Waals surface area contributed by atoms with Crippen LogP contribution in [0.3, 0.4) is 0 Å². The third-order valence-electron chi connectivity index (χ3n) is 3.61. The van der Waals surface area contributed by atoms with Gasteiger partial charge in [-0.15, -0.1) is 0 Å². The molecule has 24 heavy (non-hydrogen) atoms. The van der Waals surface area contributed by atoms with Crippen LogP contribution in [0.25, 0.3) is 5.65 Å². The highest BCUT2D eigenvalue weighted by Crippen LogP contribution is 2.22. The normalized spacial score (nSPS) is 11.7. The van der Waals surface area contributed by atoms with Crippen LogP contribution in [-0.4, -0.2) is 37.1 Å². The van der Waals surface area contributed by atoms with E-state index in [2.05, 4.69) is 14.8 Å². The molecule has 0 saturated heterocycles. The van der Waals surface area contributed by atoms with Crippen molar-refractivity contribution in [1.29, 1.82) is 0 Å². The molecule has 0 atom stereocenters. The molecule has 2 aromatic heterocycles. The number of benzene rings is 1. The van der Waals surface area contributed by atoms with E-state index in [9.17, 15) is 8.42 Å². The number of hydrogen-bond acceptors (Lipinski definition) is 5. The molecule has 0 bridgehead atoms. The van der Waals surface area contributed by atoms with Crippen LogP contribution in [0.5, 0.6) is 0 Å². The fraction of sp³-hybridized carbons (Fsp3) is 0.250. The number of aryl methyl sites for hydroxylation is 2. The first-order chi connectivity index (χ1) is 11.3. The number of hydrogen-bond donors (Lipinski definition) is 1. The number of sulfonamides is 1. The molecule has 3 rings (SSSR count). The fourth-order valence-electron chi connectivity index (χ4n) is 2.49. The van der Waals surface area contributed by atoms with Crippen molar-refractivity contribution in [1.82, 2.24) is 14.6 Å². The van der Waals surface area contributed by atoms with E-state index in [1.54, 1.807) is 47.8 Å². The van der Waals surface area contributed by atoms with Gasteiger partial charge in [0.05, 0.1) is 10.6 Å². The SMILES string of the molecule is Cc1cc2nc(NS(=O)(=O)c3ccccc3C)cc(N(C)C)n2n1. The van der Waals surface area contributed by atoms with Gasteiger partial charge in [-0.1, -0.05) is 18.2 Å². The maximum absolute atomic E-state index is 12.7. The summed E-state index contributed by atoms with van der Waals surface area (Å²) in [6.45, 7) is 3.63. The predicted octanol–water partition coefficient (Wildman–Crippen LogP) is 2.21. The number of nitrogens with zero attached hydrogens (tertiary/aromatic N) is 4. The Balaban J connectivity index is 2.09. The topological polar surface area (TPSA) is 79.6 Å². The average molecular weight is 345 g/mol. The van der Waals surface area contributed by atoms with E-state index in [1.165, 1.54) is 0 Å². The average Bonchev–Trinajstić information content (AvgIpc) is 2.86. The van der Waals surface area contributed by atoms with Gasteiger partial charge in [0, 0.05) is 26.2 Å². The lowest BCUT2D eigenvalue weighted by Crippen LogP contribution is -2.18. The van der Waals surface area contributed by atoms with Gasteiger partial charge in [-0.3, -0.25) is 4.72 Å². The number of aromatic nitrogens is 3. The molecule has 7 nitrogen and oxygen atoms in total. The van der Waals surface area contributed by atoms with Crippen molar-refractivity contribution in [3.63, 3.8) is 0 Å². The minimum absolute atomic E-state index is 0.239. The van der Waals surface area contributed by atoms with Crippen molar-refractivity contribution < 1.29 is 8.42 Å². The van der Waals surface area contributed by atoms with E-state index in [1.807, 2.05) is 25.9 Å². The third kappa shape index (κ3) is 2.92. The summed E-state index contributed by atoms with van der Waals surface area (Å²) in [6.07, 6.45) is 0. The highest BCUT2D eigenvalue weighted by atomic mass is 32.2. The zero-order valence-corrected chi connectivity index (χ0v) is 14.8. The molecule has 0 amide bonds. The molecular formula is C16H19N5O2S. The first-order valence-electron chi connectivity index (χ1n) is 7.41. The van der Waals surface area contributed by atoms with Crippen LogP contribution in [0, 0.1) is 13.8 Å². The predicted molar refractivity (Wildman–Crippen MR) is 94.0 cm³/mol. The molecule has 126 valence electrons. The van der Waals surface area contributed by atoms with Gasteiger partial charge in [0.2, 0.25) is 0 Å². The Hall–Kier alpha value is -2.61. The molecule has 0 aliphatic carbocycles. The highest BCUT2D eigenvalue weighted by Gasteiger charge is 2.19. The molecule has 0 unspecified atom stereocenters. The lowest BCUT2D eigenvalue weighted by atomic mass is 10.2. The number of nitrogens with one attached hydrogen (secondary N) is 1. The van der Waals surface area contributed by atoms with E-state index in [0.717, 1.165) is 11.5 Å². The van der Waals surface area contributed by atoms with Crippen molar-refractivity contribution >= 4 is 27.3 Å². The van der Waals surface area contributed by atoms with Gasteiger partial charge in [-0.2, -0.15) is 9.61 Å². The Kier molecular flexibility index (Phi) is 3.92. The standard InChI is InChI=1S/C16H19N5O2S/c1-11-7-5-6-8-13(11)24(22,23)19-14-10-16(20(3)4)21-15(17-14)9-12(2)18-21/h5-10H,1-4H3,(H,17,19). The Bertz CT molecular complexity index is 1010. The van der Waals surface area contributed by atoms with Gasteiger partial charge < -0.3 is 4.90 Å². The minimum atomic E-state index is -3.71. The molecule has 1 aromatic carbocycles. The summed E-state index contributed by atoms with van der Waals surface area (Å²) in [4.78, 5) is 6.46. The van der Waals surface area contributed by atoms with Crippen molar-refractivity contribution in [3.8, 4) is 0 Å². The van der Waals surface area contributed by atoms with Crippen molar-refractivity contribution in [2.45, 2.75) is 18.7 Å². The zero-order chi connectivity index (χ0) is 17.5. The van der Waals surface area contributed by atoms with Crippen LogP contribution in [0.4, 0.5) is 11.6 Å². The third-order valence-corrected chi connectivity index (χ3v) is 5.13. The Morgan fingerprint density at radius 3 is 2.50 bits per heavy atom. The number of rotatable bonds is 4. The highest BCUT2D eigenvalue weighted by molar-refractivity contribution is 7.92. The van der Waals surface area contributed by atoms with Crippen LogP contribution >= 0.6 is 0 Å². The van der Waals surface area contributed by atoms with Crippen LogP contribution in [-0.2, 0) is 10.0 Å². The zero-order valence-electron chi connectivity index (χ0n) is 14.0. The van der Waals surface area contributed by atoms with E-state index in [4.69, 9.17) is 0 Å². The Labute approximate surface area is 141 Å². The van der Waals surface area contributed by atoms with Crippen LogP contribution in [0.1, 0.15) is 11.3 Å².